The van der Waals surface area contributed by atoms with Gasteiger partial charge in [0.2, 0.25) is 0 Å². The Morgan fingerprint density at radius 3 is 2.50 bits per heavy atom. The van der Waals surface area contributed by atoms with Crippen LogP contribution in [0.1, 0.15) is 16.7 Å². The highest BCUT2D eigenvalue weighted by atomic mass is 79.9. The highest BCUT2D eigenvalue weighted by Crippen LogP contribution is 2.36. The molecule has 0 fully saturated rings. The fourth-order valence-corrected chi connectivity index (χ4v) is 3.32. The van der Waals surface area contributed by atoms with E-state index in [2.05, 4.69) is 15.9 Å². The molecule has 0 spiro atoms. The van der Waals surface area contributed by atoms with Crippen molar-refractivity contribution in [2.45, 2.75) is 5.38 Å². The number of imidazole rings is 1. The number of nitrogens with zero attached hydrogens (tertiary/aromatic N) is 2. The summed E-state index contributed by atoms with van der Waals surface area (Å²) in [6.07, 6.45) is 1.59. The first-order valence-corrected chi connectivity index (χ1v) is 7.26. The third-order valence-corrected chi connectivity index (χ3v) is 4.59. The van der Waals surface area contributed by atoms with E-state index < -0.39 is 5.38 Å². The molecule has 3 rings (SSSR count). The van der Waals surface area contributed by atoms with Crippen LogP contribution in [0.5, 0.6) is 0 Å². The Kier molecular flexibility index (Phi) is 3.26. The van der Waals surface area contributed by atoms with Crippen LogP contribution < -0.4 is 5.69 Å². The second-order valence-electron chi connectivity index (χ2n) is 4.64. The molecule has 1 aromatic carbocycles. The molecule has 0 amide bonds. The van der Waals surface area contributed by atoms with E-state index in [9.17, 15) is 4.79 Å². The molecule has 0 saturated carbocycles. The zero-order valence-corrected chi connectivity index (χ0v) is 13.3. The van der Waals surface area contributed by atoms with E-state index in [-0.39, 0.29) is 5.69 Å². The van der Waals surface area contributed by atoms with Crippen LogP contribution >= 0.6 is 27.5 Å². The van der Waals surface area contributed by atoms with Crippen molar-refractivity contribution in [3.63, 3.8) is 0 Å². The standard InChI is InChI=1S/C14H12BrClN2O2/c1-17-10-6-8(13(16)12-4-3-5-20-12)9(15)7-11(10)18(2)14(17)19/h3-7,13H,1-2H3. The first-order valence-electron chi connectivity index (χ1n) is 6.03. The number of rotatable bonds is 2. The van der Waals surface area contributed by atoms with Crippen molar-refractivity contribution >= 4 is 38.6 Å². The lowest BCUT2D eigenvalue weighted by Crippen LogP contribution is -2.19. The van der Waals surface area contributed by atoms with Gasteiger partial charge in [0.05, 0.1) is 17.3 Å². The van der Waals surface area contributed by atoms with Gasteiger partial charge >= 0.3 is 5.69 Å². The van der Waals surface area contributed by atoms with Crippen molar-refractivity contribution in [2.75, 3.05) is 0 Å². The first kappa shape index (κ1) is 13.5. The second-order valence-corrected chi connectivity index (χ2v) is 5.93. The van der Waals surface area contributed by atoms with Crippen molar-refractivity contribution in [1.29, 1.82) is 0 Å². The lowest BCUT2D eigenvalue weighted by Gasteiger charge is -2.10. The van der Waals surface area contributed by atoms with Gasteiger partial charge in [-0.25, -0.2) is 4.79 Å². The summed E-state index contributed by atoms with van der Waals surface area (Å²) in [4.78, 5) is 12.0. The fraction of sp³-hybridized carbons (Fsp3) is 0.214. The normalized spacial score (nSPS) is 13.0. The van der Waals surface area contributed by atoms with E-state index in [1.165, 1.54) is 0 Å². The summed E-state index contributed by atoms with van der Waals surface area (Å²) in [6, 6.07) is 7.46. The third-order valence-electron chi connectivity index (χ3n) is 3.46. The summed E-state index contributed by atoms with van der Waals surface area (Å²) >= 11 is 9.98. The van der Waals surface area contributed by atoms with Gasteiger partial charge in [-0.15, -0.1) is 11.6 Å². The molecule has 0 aliphatic heterocycles. The minimum atomic E-state index is -0.404. The minimum Gasteiger partial charge on any atom is -0.467 e. The largest absolute Gasteiger partial charge is 0.467 e. The molecule has 2 aromatic heterocycles. The molecular weight excluding hydrogens is 344 g/mol. The van der Waals surface area contributed by atoms with Gasteiger partial charge in [0.25, 0.3) is 0 Å². The van der Waals surface area contributed by atoms with Crippen LogP contribution in [-0.2, 0) is 14.1 Å². The smallest absolute Gasteiger partial charge is 0.328 e. The Labute approximate surface area is 128 Å². The summed E-state index contributed by atoms with van der Waals surface area (Å²) in [5, 5.41) is -0.404. The average molecular weight is 356 g/mol. The highest BCUT2D eigenvalue weighted by Gasteiger charge is 2.19. The molecule has 4 nitrogen and oxygen atoms in total. The molecule has 0 saturated heterocycles. The number of alkyl halides is 1. The maximum absolute atomic E-state index is 12.0. The number of fused-ring (bicyclic) bond motifs is 1. The number of hydrogen-bond donors (Lipinski definition) is 0. The number of aromatic nitrogens is 2. The summed E-state index contributed by atoms with van der Waals surface area (Å²) in [5.74, 6) is 0.674. The van der Waals surface area contributed by atoms with Gasteiger partial charge in [0.15, 0.2) is 0 Å². The molecular formula is C14H12BrClN2O2. The highest BCUT2D eigenvalue weighted by molar-refractivity contribution is 9.10. The van der Waals surface area contributed by atoms with E-state index in [1.54, 1.807) is 35.6 Å². The molecule has 1 unspecified atom stereocenters. The van der Waals surface area contributed by atoms with Crippen LogP contribution in [0, 0.1) is 0 Å². The molecule has 6 heteroatoms. The van der Waals surface area contributed by atoms with Crippen LogP contribution in [0.2, 0.25) is 0 Å². The molecule has 0 radical (unpaired) electrons. The average Bonchev–Trinajstić information content (AvgIpc) is 3.03. The van der Waals surface area contributed by atoms with Gasteiger partial charge in [0.1, 0.15) is 11.1 Å². The van der Waals surface area contributed by atoms with E-state index in [1.807, 2.05) is 18.2 Å². The van der Waals surface area contributed by atoms with Crippen molar-refractivity contribution in [2.24, 2.45) is 14.1 Å². The van der Waals surface area contributed by atoms with E-state index in [0.29, 0.717) is 5.76 Å². The minimum absolute atomic E-state index is 0.0619. The van der Waals surface area contributed by atoms with Crippen LogP contribution in [-0.4, -0.2) is 9.13 Å². The molecule has 0 aliphatic carbocycles. The Balaban J connectivity index is 2.25. The molecule has 0 aliphatic rings. The predicted molar refractivity (Wildman–Crippen MR) is 82.3 cm³/mol. The molecule has 20 heavy (non-hydrogen) atoms. The maximum atomic E-state index is 12.0. The summed E-state index contributed by atoms with van der Waals surface area (Å²) in [7, 11) is 3.50. The topological polar surface area (TPSA) is 40.1 Å². The van der Waals surface area contributed by atoms with Gasteiger partial charge in [-0.05, 0) is 29.8 Å². The number of hydrogen-bond acceptors (Lipinski definition) is 2. The molecule has 0 N–H and O–H groups in total. The van der Waals surface area contributed by atoms with Gasteiger partial charge in [-0.1, -0.05) is 15.9 Å². The molecule has 1 atom stereocenters. The Morgan fingerprint density at radius 2 is 1.90 bits per heavy atom. The SMILES string of the molecule is Cn1c(=O)n(C)c2cc(C(Cl)c3ccco3)c(Br)cc21. The maximum Gasteiger partial charge on any atom is 0.328 e. The van der Waals surface area contributed by atoms with Crippen molar-refractivity contribution in [1.82, 2.24) is 9.13 Å². The zero-order valence-electron chi connectivity index (χ0n) is 10.9. The Bertz CT molecular complexity index is 833. The second kappa shape index (κ2) is 4.82. The Morgan fingerprint density at radius 1 is 1.25 bits per heavy atom. The number of furan rings is 1. The van der Waals surface area contributed by atoms with Crippen LogP contribution in [0.3, 0.4) is 0 Å². The zero-order chi connectivity index (χ0) is 14.4. The third kappa shape index (κ3) is 1.93. The molecule has 3 aromatic rings. The fourth-order valence-electron chi connectivity index (χ4n) is 2.32. The Hall–Kier alpha value is -1.46. The van der Waals surface area contributed by atoms with Crippen molar-refractivity contribution < 1.29 is 4.42 Å². The van der Waals surface area contributed by atoms with Crippen LogP contribution in [0.15, 0.2) is 44.2 Å². The monoisotopic (exact) mass is 354 g/mol. The number of halogens is 2. The quantitative estimate of drug-likeness (QED) is 0.659. The summed E-state index contributed by atoms with van der Waals surface area (Å²) < 4.78 is 9.42. The molecule has 0 bridgehead atoms. The van der Waals surface area contributed by atoms with Crippen molar-refractivity contribution in [3.8, 4) is 0 Å². The van der Waals surface area contributed by atoms with Crippen molar-refractivity contribution in [3.05, 3.63) is 56.8 Å². The van der Waals surface area contributed by atoms with Gasteiger partial charge in [-0.2, -0.15) is 0 Å². The van der Waals surface area contributed by atoms with Crippen LogP contribution in [0.25, 0.3) is 11.0 Å². The lowest BCUT2D eigenvalue weighted by molar-refractivity contribution is 0.516. The molecule has 104 valence electrons. The molecule has 2 heterocycles. The van der Waals surface area contributed by atoms with E-state index in [4.69, 9.17) is 16.0 Å². The number of aryl methyl sites for hydroxylation is 2. The summed E-state index contributed by atoms with van der Waals surface area (Å²) in [6.45, 7) is 0. The van der Waals surface area contributed by atoms with Gasteiger partial charge in [0, 0.05) is 18.6 Å². The lowest BCUT2D eigenvalue weighted by atomic mass is 10.1. The number of benzene rings is 1. The van der Waals surface area contributed by atoms with Crippen LogP contribution in [0.4, 0.5) is 0 Å². The van der Waals surface area contributed by atoms with E-state index >= 15 is 0 Å². The van der Waals surface area contributed by atoms with Gasteiger partial charge in [-0.3, -0.25) is 9.13 Å². The predicted octanol–water partition coefficient (Wildman–Crippen LogP) is 3.56. The summed E-state index contributed by atoms with van der Waals surface area (Å²) in [5.41, 5.74) is 2.51. The van der Waals surface area contributed by atoms with Gasteiger partial charge < -0.3 is 4.42 Å². The van der Waals surface area contributed by atoms with E-state index in [0.717, 1.165) is 21.1 Å². The first-order chi connectivity index (χ1) is 9.50.